The van der Waals surface area contributed by atoms with Gasteiger partial charge in [0.15, 0.2) is 11.6 Å². The van der Waals surface area contributed by atoms with Crippen LogP contribution in [0.3, 0.4) is 0 Å². The molecule has 33 heavy (non-hydrogen) atoms. The summed E-state index contributed by atoms with van der Waals surface area (Å²) in [5.74, 6) is -0.472. The van der Waals surface area contributed by atoms with Crippen molar-refractivity contribution in [1.82, 2.24) is 10.0 Å². The largest absolute Gasteiger partial charge is 0.313 e. The Labute approximate surface area is 196 Å². The van der Waals surface area contributed by atoms with Gasteiger partial charge < -0.3 is 5.32 Å². The zero-order chi connectivity index (χ0) is 23.4. The van der Waals surface area contributed by atoms with Crippen LogP contribution in [0.15, 0.2) is 42.5 Å². The first-order valence-electron chi connectivity index (χ1n) is 12.0. The van der Waals surface area contributed by atoms with Gasteiger partial charge in [-0.2, -0.15) is 0 Å². The monoisotopic (exact) mass is 476 g/mol. The second-order valence-corrected chi connectivity index (χ2v) is 11.7. The number of fused-ring (bicyclic) bond motifs is 1. The van der Waals surface area contributed by atoms with Gasteiger partial charge in [0.2, 0.25) is 10.0 Å². The van der Waals surface area contributed by atoms with Crippen LogP contribution in [0.1, 0.15) is 54.7 Å². The van der Waals surface area contributed by atoms with E-state index in [4.69, 9.17) is 0 Å². The third-order valence-electron chi connectivity index (χ3n) is 7.36. The number of benzene rings is 2. The number of rotatable bonds is 8. The molecule has 4 nitrogen and oxygen atoms in total. The number of halogens is 2. The summed E-state index contributed by atoms with van der Waals surface area (Å²) in [5.41, 5.74) is 3.05. The molecule has 0 heterocycles. The van der Waals surface area contributed by atoms with E-state index in [1.54, 1.807) is 0 Å². The van der Waals surface area contributed by atoms with Gasteiger partial charge in [-0.15, -0.1) is 0 Å². The average molecular weight is 477 g/mol. The number of nitrogens with one attached hydrogen (secondary N) is 2. The first kappa shape index (κ1) is 24.3. The molecule has 7 heteroatoms. The zero-order valence-corrected chi connectivity index (χ0v) is 20.0. The summed E-state index contributed by atoms with van der Waals surface area (Å²) in [6.07, 6.45) is 7.87. The van der Waals surface area contributed by atoms with E-state index >= 15 is 0 Å². The van der Waals surface area contributed by atoms with Crippen molar-refractivity contribution in [3.63, 3.8) is 0 Å². The Morgan fingerprint density at radius 1 is 0.909 bits per heavy atom. The summed E-state index contributed by atoms with van der Waals surface area (Å²) in [6.45, 7) is 1.43. The maximum Gasteiger partial charge on any atom is 0.208 e. The van der Waals surface area contributed by atoms with E-state index in [1.807, 2.05) is 18.2 Å². The van der Waals surface area contributed by atoms with Crippen molar-refractivity contribution in [3.8, 4) is 0 Å². The molecule has 180 valence electrons. The van der Waals surface area contributed by atoms with Crippen molar-refractivity contribution in [2.24, 2.45) is 11.8 Å². The van der Waals surface area contributed by atoms with Gasteiger partial charge in [0.1, 0.15) is 0 Å². The van der Waals surface area contributed by atoms with E-state index in [0.717, 1.165) is 62.6 Å². The summed E-state index contributed by atoms with van der Waals surface area (Å²) in [5, 5.41) is 3.78. The third-order valence-corrected chi connectivity index (χ3v) is 8.05. The molecule has 0 radical (unpaired) electrons. The van der Waals surface area contributed by atoms with E-state index in [-0.39, 0.29) is 12.0 Å². The molecule has 4 rings (SSSR count). The highest BCUT2D eigenvalue weighted by atomic mass is 32.2. The van der Waals surface area contributed by atoms with E-state index in [9.17, 15) is 17.2 Å². The SMILES string of the molecule is CS(=O)(=O)NCC1CCC(CNC2CCc3cc(F)c(F)cc3C2Cc2ccccc2)CC1. The molecule has 2 aromatic rings. The Hall–Kier alpha value is -1.83. The van der Waals surface area contributed by atoms with Gasteiger partial charge in [0.25, 0.3) is 0 Å². The van der Waals surface area contributed by atoms with Crippen molar-refractivity contribution in [1.29, 1.82) is 0 Å². The van der Waals surface area contributed by atoms with Gasteiger partial charge in [-0.25, -0.2) is 21.9 Å². The highest BCUT2D eigenvalue weighted by Gasteiger charge is 2.32. The van der Waals surface area contributed by atoms with Gasteiger partial charge in [0, 0.05) is 18.5 Å². The maximum absolute atomic E-state index is 14.2. The minimum atomic E-state index is -3.14. The van der Waals surface area contributed by atoms with Crippen LogP contribution in [0.2, 0.25) is 0 Å². The molecular weight excluding hydrogens is 442 g/mol. The minimum absolute atomic E-state index is 0.0987. The van der Waals surface area contributed by atoms with E-state index in [0.29, 0.717) is 18.4 Å². The van der Waals surface area contributed by atoms with Crippen molar-refractivity contribution in [2.75, 3.05) is 19.3 Å². The Morgan fingerprint density at radius 3 is 2.21 bits per heavy atom. The van der Waals surface area contributed by atoms with Gasteiger partial charge in [-0.1, -0.05) is 30.3 Å². The van der Waals surface area contributed by atoms with Crippen LogP contribution in [0.5, 0.6) is 0 Å². The van der Waals surface area contributed by atoms with Crippen LogP contribution < -0.4 is 10.0 Å². The van der Waals surface area contributed by atoms with Crippen molar-refractivity contribution in [3.05, 3.63) is 70.8 Å². The Bertz CT molecular complexity index is 1040. The summed E-state index contributed by atoms with van der Waals surface area (Å²) >= 11 is 0. The van der Waals surface area contributed by atoms with Gasteiger partial charge in [0.05, 0.1) is 6.26 Å². The van der Waals surface area contributed by atoms with Crippen LogP contribution in [-0.4, -0.2) is 33.8 Å². The highest BCUT2D eigenvalue weighted by Crippen LogP contribution is 2.36. The second kappa shape index (κ2) is 10.6. The van der Waals surface area contributed by atoms with Crippen LogP contribution in [0.25, 0.3) is 0 Å². The lowest BCUT2D eigenvalue weighted by Gasteiger charge is -2.37. The summed E-state index contributed by atoms with van der Waals surface area (Å²) in [4.78, 5) is 0. The molecule has 2 aliphatic carbocycles. The van der Waals surface area contributed by atoms with E-state index in [1.165, 1.54) is 24.0 Å². The molecule has 0 amide bonds. The maximum atomic E-state index is 14.2. The lowest BCUT2D eigenvalue weighted by molar-refractivity contribution is 0.252. The fraction of sp³-hybridized carbons (Fsp3) is 0.538. The van der Waals surface area contributed by atoms with Crippen molar-refractivity contribution >= 4 is 10.0 Å². The molecule has 2 aromatic carbocycles. The zero-order valence-electron chi connectivity index (χ0n) is 19.2. The van der Waals surface area contributed by atoms with Crippen molar-refractivity contribution < 1.29 is 17.2 Å². The molecule has 2 unspecified atom stereocenters. The first-order chi connectivity index (χ1) is 15.8. The quantitative estimate of drug-likeness (QED) is 0.588. The summed E-state index contributed by atoms with van der Waals surface area (Å²) in [6, 6.07) is 13.2. The molecular formula is C26H34F2N2O2S. The predicted octanol–water partition coefficient (Wildman–Crippen LogP) is 4.55. The van der Waals surface area contributed by atoms with E-state index < -0.39 is 21.7 Å². The summed E-state index contributed by atoms with van der Waals surface area (Å²) < 4.78 is 53.3. The molecule has 2 N–H and O–H groups in total. The Morgan fingerprint density at radius 2 is 1.55 bits per heavy atom. The van der Waals surface area contributed by atoms with Crippen LogP contribution in [-0.2, 0) is 22.9 Å². The van der Waals surface area contributed by atoms with Gasteiger partial charge in [-0.05, 0) is 92.1 Å². The molecule has 1 fully saturated rings. The third kappa shape index (κ3) is 6.61. The van der Waals surface area contributed by atoms with Crippen LogP contribution in [0.4, 0.5) is 8.78 Å². The van der Waals surface area contributed by atoms with Crippen molar-refractivity contribution in [2.45, 2.75) is 56.9 Å². The first-order valence-corrected chi connectivity index (χ1v) is 13.9. The van der Waals surface area contributed by atoms with Crippen LogP contribution in [0, 0.1) is 23.5 Å². The fourth-order valence-electron chi connectivity index (χ4n) is 5.49. The molecule has 1 saturated carbocycles. The lowest BCUT2D eigenvalue weighted by atomic mass is 9.75. The highest BCUT2D eigenvalue weighted by molar-refractivity contribution is 7.88. The molecule has 2 aliphatic rings. The molecule has 0 aliphatic heterocycles. The Kier molecular flexibility index (Phi) is 7.82. The topological polar surface area (TPSA) is 58.2 Å². The molecule has 0 aromatic heterocycles. The number of hydrogen-bond donors (Lipinski definition) is 2. The Balaban J connectivity index is 1.39. The fourth-order valence-corrected chi connectivity index (χ4v) is 6.02. The predicted molar refractivity (Wildman–Crippen MR) is 128 cm³/mol. The second-order valence-electron chi connectivity index (χ2n) is 9.82. The number of aryl methyl sites for hydroxylation is 1. The van der Waals surface area contributed by atoms with E-state index in [2.05, 4.69) is 22.2 Å². The molecule has 2 atom stereocenters. The number of sulfonamides is 1. The van der Waals surface area contributed by atoms with Gasteiger partial charge >= 0.3 is 0 Å². The van der Waals surface area contributed by atoms with Crippen LogP contribution >= 0.6 is 0 Å². The molecule has 0 saturated heterocycles. The smallest absolute Gasteiger partial charge is 0.208 e. The molecule has 0 spiro atoms. The molecule has 0 bridgehead atoms. The average Bonchev–Trinajstić information content (AvgIpc) is 2.79. The lowest BCUT2D eigenvalue weighted by Crippen LogP contribution is -2.42. The summed E-state index contributed by atoms with van der Waals surface area (Å²) in [7, 11) is -3.14. The standard InChI is InChI=1S/C26H34F2N2O2S/c1-33(31,32)30-17-20-9-7-19(8-10-20)16-29-26-12-11-21-14-24(27)25(28)15-22(21)23(26)13-18-5-3-2-4-6-18/h2-6,14-15,19-20,23,26,29-30H,7-13,16-17H2,1H3. The minimum Gasteiger partial charge on any atom is -0.313 e. The van der Waals surface area contributed by atoms with Gasteiger partial charge in [-0.3, -0.25) is 0 Å². The normalized spacial score (nSPS) is 25.5. The number of hydrogen-bond acceptors (Lipinski definition) is 3.